The van der Waals surface area contributed by atoms with Crippen LogP contribution in [0.4, 0.5) is 16.4 Å². The van der Waals surface area contributed by atoms with Crippen LogP contribution in [0.1, 0.15) is 24.8 Å². The molecule has 1 aromatic carbocycles. The van der Waals surface area contributed by atoms with Crippen LogP contribution in [0.5, 0.6) is 5.75 Å². The normalized spacial score (nSPS) is 22.5. The van der Waals surface area contributed by atoms with Crippen LogP contribution >= 0.6 is 0 Å². The molecule has 12 nitrogen and oxygen atoms in total. The van der Waals surface area contributed by atoms with Gasteiger partial charge in [-0.2, -0.15) is 5.26 Å². The Morgan fingerprint density at radius 3 is 2.95 bits per heavy atom. The summed E-state index contributed by atoms with van der Waals surface area (Å²) in [4.78, 5) is 47.0. The van der Waals surface area contributed by atoms with Gasteiger partial charge in [0.15, 0.2) is 18.2 Å². The van der Waals surface area contributed by atoms with Crippen LogP contribution in [-0.2, 0) is 16.1 Å². The summed E-state index contributed by atoms with van der Waals surface area (Å²) in [5, 5.41) is 15.4. The van der Waals surface area contributed by atoms with Crippen molar-refractivity contribution in [3.05, 3.63) is 52.4 Å². The fourth-order valence-corrected chi connectivity index (χ4v) is 5.24. The summed E-state index contributed by atoms with van der Waals surface area (Å²) < 4.78 is 12.7. The van der Waals surface area contributed by atoms with E-state index in [1.165, 1.54) is 6.20 Å². The van der Waals surface area contributed by atoms with Crippen LogP contribution in [-0.4, -0.2) is 57.9 Å². The van der Waals surface area contributed by atoms with Gasteiger partial charge in [-0.25, -0.2) is 14.8 Å². The van der Waals surface area contributed by atoms with Crippen LogP contribution in [0, 0.1) is 11.3 Å². The SMILES string of the molecule is N#Cc1ccc2ncc(=O)n(CCN[C@@H]3CC[C@@H]4[C@@H](C3)OC(=O)N4c3ccc4c(n3)NC(=O)CO4)c2c1. The van der Waals surface area contributed by atoms with E-state index in [-0.39, 0.29) is 36.3 Å². The molecule has 0 spiro atoms. The Morgan fingerprint density at radius 1 is 1.19 bits per heavy atom. The Balaban J connectivity index is 1.11. The van der Waals surface area contributed by atoms with E-state index in [0.717, 1.165) is 6.42 Å². The Bertz CT molecular complexity index is 1510. The van der Waals surface area contributed by atoms with Crippen molar-refractivity contribution in [3.8, 4) is 11.8 Å². The van der Waals surface area contributed by atoms with E-state index < -0.39 is 6.09 Å². The Hall–Kier alpha value is -4.50. The first kappa shape index (κ1) is 22.9. The molecule has 188 valence electrons. The second-order valence-electron chi connectivity index (χ2n) is 9.24. The molecule has 12 heteroatoms. The fourth-order valence-electron chi connectivity index (χ4n) is 5.24. The first-order valence-electron chi connectivity index (χ1n) is 12.1. The standard InChI is InChI=1S/C25H23N7O5/c26-11-14-1-3-16-18(9-14)31(23(34)12-28-16)8-7-27-15-2-4-17-20(10-15)37-25(35)32(17)21-6-5-19-24(29-21)30-22(33)13-36-19/h1,3,5-6,9,12,15,17,20,27H,2,4,7-8,10,13H2,(H,29,30,33)/t15-,17-,20-/m1/s1. The van der Waals surface area contributed by atoms with Crippen molar-refractivity contribution in [1.82, 2.24) is 19.9 Å². The van der Waals surface area contributed by atoms with Gasteiger partial charge in [-0.05, 0) is 43.2 Å². The summed E-state index contributed by atoms with van der Waals surface area (Å²) in [5.74, 6) is 0.874. The number of hydrogen-bond donors (Lipinski definition) is 2. The van der Waals surface area contributed by atoms with Gasteiger partial charge in [0.2, 0.25) is 0 Å². The summed E-state index contributed by atoms with van der Waals surface area (Å²) in [6, 6.07) is 10.5. The van der Waals surface area contributed by atoms with Gasteiger partial charge >= 0.3 is 6.09 Å². The lowest BCUT2D eigenvalue weighted by Crippen LogP contribution is -2.46. The number of nitrogens with one attached hydrogen (secondary N) is 2. The average Bonchev–Trinajstić information content (AvgIpc) is 3.24. The zero-order valence-electron chi connectivity index (χ0n) is 19.7. The van der Waals surface area contributed by atoms with Crippen molar-refractivity contribution < 1.29 is 19.1 Å². The number of anilines is 2. The van der Waals surface area contributed by atoms with E-state index in [2.05, 4.69) is 26.7 Å². The third-order valence-corrected chi connectivity index (χ3v) is 6.99. The van der Waals surface area contributed by atoms with Crippen molar-refractivity contribution >= 4 is 34.7 Å². The van der Waals surface area contributed by atoms with Crippen molar-refractivity contribution in [2.45, 2.75) is 44.0 Å². The minimum Gasteiger partial charge on any atom is -0.480 e. The number of ether oxygens (including phenoxy) is 2. The van der Waals surface area contributed by atoms with E-state index in [0.29, 0.717) is 59.9 Å². The molecule has 4 heterocycles. The highest BCUT2D eigenvalue weighted by molar-refractivity contribution is 5.95. The van der Waals surface area contributed by atoms with Crippen LogP contribution < -0.4 is 25.8 Å². The van der Waals surface area contributed by atoms with Gasteiger partial charge in [0.05, 0.1) is 34.9 Å². The molecule has 2 N–H and O–H groups in total. The van der Waals surface area contributed by atoms with Crippen LogP contribution in [0.2, 0.25) is 0 Å². The highest BCUT2D eigenvalue weighted by atomic mass is 16.6. The molecule has 2 fully saturated rings. The lowest BCUT2D eigenvalue weighted by molar-refractivity contribution is -0.118. The summed E-state index contributed by atoms with van der Waals surface area (Å²) in [6.45, 7) is 0.878. The lowest BCUT2D eigenvalue weighted by atomic mass is 9.88. The van der Waals surface area contributed by atoms with Crippen LogP contribution in [0.25, 0.3) is 11.0 Å². The number of fused-ring (bicyclic) bond motifs is 3. The van der Waals surface area contributed by atoms with Gasteiger partial charge in [0.1, 0.15) is 11.9 Å². The van der Waals surface area contributed by atoms with E-state index in [1.807, 2.05) is 0 Å². The minimum absolute atomic E-state index is 0.0637. The number of aromatic nitrogens is 3. The minimum atomic E-state index is -0.464. The topological polar surface area (TPSA) is 151 Å². The molecule has 3 atom stereocenters. The summed E-state index contributed by atoms with van der Waals surface area (Å²) >= 11 is 0. The summed E-state index contributed by atoms with van der Waals surface area (Å²) in [5.41, 5.74) is 1.51. The number of rotatable bonds is 5. The molecule has 0 bridgehead atoms. The zero-order valence-corrected chi connectivity index (χ0v) is 19.7. The monoisotopic (exact) mass is 501 g/mol. The Labute approximate surface area is 210 Å². The second kappa shape index (κ2) is 9.18. The van der Waals surface area contributed by atoms with E-state index in [9.17, 15) is 19.6 Å². The molecule has 37 heavy (non-hydrogen) atoms. The molecule has 0 unspecified atom stereocenters. The number of carbonyl (C=O) groups is 2. The van der Waals surface area contributed by atoms with Crippen molar-refractivity contribution in [3.63, 3.8) is 0 Å². The fraction of sp³-hybridized carbons (Fsp3) is 0.360. The molecule has 2 aliphatic heterocycles. The average molecular weight is 502 g/mol. The first-order valence-corrected chi connectivity index (χ1v) is 12.1. The molecular formula is C25H23N7O5. The predicted octanol–water partition coefficient (Wildman–Crippen LogP) is 1.53. The maximum atomic E-state index is 12.8. The smallest absolute Gasteiger partial charge is 0.416 e. The van der Waals surface area contributed by atoms with Gasteiger partial charge in [-0.3, -0.25) is 14.5 Å². The van der Waals surface area contributed by atoms with Crippen molar-refractivity contribution in [2.24, 2.45) is 0 Å². The van der Waals surface area contributed by atoms with Crippen molar-refractivity contribution in [1.29, 1.82) is 5.26 Å². The van der Waals surface area contributed by atoms with Gasteiger partial charge in [0.25, 0.3) is 11.5 Å². The molecule has 1 saturated carbocycles. The predicted molar refractivity (Wildman–Crippen MR) is 131 cm³/mol. The maximum absolute atomic E-state index is 12.8. The van der Waals surface area contributed by atoms with Gasteiger partial charge in [0, 0.05) is 25.6 Å². The largest absolute Gasteiger partial charge is 0.480 e. The Kier molecular flexibility index (Phi) is 5.69. The molecule has 3 aliphatic rings. The van der Waals surface area contributed by atoms with E-state index in [4.69, 9.17) is 9.47 Å². The molecule has 3 aromatic rings. The third-order valence-electron chi connectivity index (χ3n) is 6.99. The van der Waals surface area contributed by atoms with Crippen molar-refractivity contribution in [2.75, 3.05) is 23.4 Å². The number of nitrogens with zero attached hydrogens (tertiary/aromatic N) is 5. The zero-order chi connectivity index (χ0) is 25.5. The molecule has 1 saturated heterocycles. The number of carbonyl (C=O) groups excluding carboxylic acids is 2. The highest BCUT2D eigenvalue weighted by Crippen LogP contribution is 2.37. The van der Waals surface area contributed by atoms with Gasteiger partial charge in [-0.1, -0.05) is 0 Å². The summed E-state index contributed by atoms with van der Waals surface area (Å²) in [6.07, 6.45) is 2.67. The maximum Gasteiger partial charge on any atom is 0.416 e. The number of benzene rings is 1. The van der Waals surface area contributed by atoms with Gasteiger partial charge < -0.3 is 24.7 Å². The molecule has 0 radical (unpaired) electrons. The number of amides is 2. The summed E-state index contributed by atoms with van der Waals surface area (Å²) in [7, 11) is 0. The van der Waals surface area contributed by atoms with Crippen LogP contribution in [0.15, 0.2) is 41.3 Å². The lowest BCUT2D eigenvalue weighted by Gasteiger charge is -2.33. The molecule has 2 aromatic heterocycles. The quantitative estimate of drug-likeness (QED) is 0.530. The van der Waals surface area contributed by atoms with Crippen LogP contribution in [0.3, 0.4) is 0 Å². The van der Waals surface area contributed by atoms with E-state index in [1.54, 1.807) is 39.8 Å². The highest BCUT2D eigenvalue weighted by Gasteiger charge is 2.46. The molecule has 2 amide bonds. The molecular weight excluding hydrogens is 478 g/mol. The van der Waals surface area contributed by atoms with E-state index >= 15 is 0 Å². The number of hydrogen-bond acceptors (Lipinski definition) is 9. The number of nitriles is 1. The second-order valence-corrected chi connectivity index (χ2v) is 9.24. The first-order chi connectivity index (χ1) is 18.0. The number of pyridine rings is 1. The molecule has 6 rings (SSSR count). The van der Waals surface area contributed by atoms with Gasteiger partial charge in [-0.15, -0.1) is 0 Å². The molecule has 1 aliphatic carbocycles. The third kappa shape index (κ3) is 4.23. The Morgan fingerprint density at radius 2 is 2.08 bits per heavy atom.